The Morgan fingerprint density at radius 3 is 2.85 bits per heavy atom. The van der Waals surface area contributed by atoms with Crippen LogP contribution in [0, 0.1) is 5.92 Å². The van der Waals surface area contributed by atoms with Gasteiger partial charge in [-0.1, -0.05) is 23.7 Å². The third kappa shape index (κ3) is 5.57. The van der Waals surface area contributed by atoms with Crippen LogP contribution in [-0.4, -0.2) is 47.7 Å². The fourth-order valence-corrected chi connectivity index (χ4v) is 3.19. The maximum absolute atomic E-state index is 5.90. The van der Waals surface area contributed by atoms with E-state index in [1.807, 2.05) is 31.3 Å². The van der Waals surface area contributed by atoms with Gasteiger partial charge in [0, 0.05) is 43.7 Å². The van der Waals surface area contributed by atoms with Gasteiger partial charge in [-0.25, -0.2) is 0 Å². The first kappa shape index (κ1) is 21.0. The summed E-state index contributed by atoms with van der Waals surface area (Å²) in [5.41, 5.74) is 0.894. The van der Waals surface area contributed by atoms with E-state index in [0.29, 0.717) is 35.6 Å². The van der Waals surface area contributed by atoms with E-state index >= 15 is 0 Å². The van der Waals surface area contributed by atoms with Crippen molar-refractivity contribution >= 4 is 41.5 Å². The molecule has 1 aromatic heterocycles. The average Bonchev–Trinajstić information content (AvgIpc) is 3.08. The normalized spacial score (nSPS) is 17.7. The van der Waals surface area contributed by atoms with Crippen molar-refractivity contribution in [3.05, 3.63) is 35.2 Å². The van der Waals surface area contributed by atoms with E-state index in [1.165, 1.54) is 12.8 Å². The Bertz CT molecular complexity index is 719. The second-order valence-electron chi connectivity index (χ2n) is 6.44. The molecule has 1 saturated heterocycles. The molecule has 1 aliphatic rings. The molecule has 0 amide bonds. The Morgan fingerprint density at radius 2 is 2.15 bits per heavy atom. The van der Waals surface area contributed by atoms with Crippen LogP contribution in [0.2, 0.25) is 5.02 Å². The Kier molecular flexibility index (Phi) is 8.15. The first-order chi connectivity index (χ1) is 12.2. The van der Waals surface area contributed by atoms with Crippen molar-refractivity contribution in [2.45, 2.75) is 26.2 Å². The fraction of sp³-hybridized carbons (Fsp3) is 0.500. The molecule has 1 atom stereocenters. The highest BCUT2D eigenvalue weighted by molar-refractivity contribution is 14.0. The number of nitrogens with zero attached hydrogens (tertiary/aromatic N) is 4. The summed E-state index contributed by atoms with van der Waals surface area (Å²) in [7, 11) is 1.83. The standard InChI is InChI=1S/C18H24ClN5O.HI/c1-13-4-3-11-24(12-13)18(20-2)21-10-9-16-22-17(23-25-16)14-5-7-15(19)8-6-14;/h5-8,13H,3-4,9-12H2,1-2H3,(H,20,21);1H. The highest BCUT2D eigenvalue weighted by Crippen LogP contribution is 2.19. The lowest BCUT2D eigenvalue weighted by Gasteiger charge is -2.33. The van der Waals surface area contributed by atoms with Gasteiger partial charge < -0.3 is 14.7 Å². The van der Waals surface area contributed by atoms with Crippen LogP contribution in [0.4, 0.5) is 0 Å². The summed E-state index contributed by atoms with van der Waals surface area (Å²) in [4.78, 5) is 11.2. The summed E-state index contributed by atoms with van der Waals surface area (Å²) in [5, 5.41) is 8.12. The fourth-order valence-electron chi connectivity index (χ4n) is 3.07. The van der Waals surface area contributed by atoms with Crippen LogP contribution in [-0.2, 0) is 6.42 Å². The topological polar surface area (TPSA) is 66.5 Å². The lowest BCUT2D eigenvalue weighted by atomic mass is 10.0. The molecular formula is C18H25ClIN5O. The minimum absolute atomic E-state index is 0. The third-order valence-electron chi connectivity index (χ3n) is 4.36. The second-order valence-corrected chi connectivity index (χ2v) is 6.87. The van der Waals surface area contributed by atoms with Gasteiger partial charge in [-0.15, -0.1) is 24.0 Å². The van der Waals surface area contributed by atoms with E-state index in [-0.39, 0.29) is 24.0 Å². The predicted octanol–water partition coefficient (Wildman–Crippen LogP) is 3.86. The van der Waals surface area contributed by atoms with Crippen LogP contribution in [0.5, 0.6) is 0 Å². The molecule has 3 rings (SSSR count). The molecule has 0 bridgehead atoms. The van der Waals surface area contributed by atoms with Crippen LogP contribution >= 0.6 is 35.6 Å². The van der Waals surface area contributed by atoms with E-state index in [4.69, 9.17) is 16.1 Å². The molecule has 6 nitrogen and oxygen atoms in total. The quantitative estimate of drug-likeness (QED) is 0.401. The van der Waals surface area contributed by atoms with Gasteiger partial charge in [-0.05, 0) is 43.0 Å². The van der Waals surface area contributed by atoms with Gasteiger partial charge in [0.1, 0.15) is 0 Å². The first-order valence-electron chi connectivity index (χ1n) is 8.70. The van der Waals surface area contributed by atoms with Gasteiger partial charge >= 0.3 is 0 Å². The number of halogens is 2. The predicted molar refractivity (Wildman–Crippen MR) is 115 cm³/mol. The highest BCUT2D eigenvalue weighted by Gasteiger charge is 2.19. The zero-order valence-corrected chi connectivity index (χ0v) is 18.2. The molecule has 8 heteroatoms. The van der Waals surface area contributed by atoms with Crippen molar-refractivity contribution in [1.29, 1.82) is 0 Å². The Balaban J connectivity index is 0.00000243. The molecule has 2 aromatic rings. The summed E-state index contributed by atoms with van der Waals surface area (Å²) in [6.07, 6.45) is 3.17. The number of aromatic nitrogens is 2. The number of nitrogens with one attached hydrogen (secondary N) is 1. The van der Waals surface area contributed by atoms with Crippen LogP contribution in [0.15, 0.2) is 33.8 Å². The molecule has 1 aliphatic heterocycles. The van der Waals surface area contributed by atoms with Crippen LogP contribution in [0.3, 0.4) is 0 Å². The van der Waals surface area contributed by atoms with E-state index in [1.54, 1.807) is 0 Å². The van der Waals surface area contributed by atoms with E-state index in [2.05, 4.69) is 32.3 Å². The summed E-state index contributed by atoms with van der Waals surface area (Å²) in [5.74, 6) is 2.86. The van der Waals surface area contributed by atoms with Gasteiger partial charge in [0.25, 0.3) is 0 Å². The Morgan fingerprint density at radius 1 is 1.38 bits per heavy atom. The number of likely N-dealkylation sites (tertiary alicyclic amines) is 1. The summed E-state index contributed by atoms with van der Waals surface area (Å²) in [6.45, 7) is 5.11. The van der Waals surface area contributed by atoms with Crippen molar-refractivity contribution in [3.63, 3.8) is 0 Å². The molecule has 142 valence electrons. The van der Waals surface area contributed by atoms with Gasteiger partial charge in [0.15, 0.2) is 5.96 Å². The molecule has 1 fully saturated rings. The molecule has 26 heavy (non-hydrogen) atoms. The van der Waals surface area contributed by atoms with E-state index in [9.17, 15) is 0 Å². The minimum Gasteiger partial charge on any atom is -0.356 e. The van der Waals surface area contributed by atoms with Gasteiger partial charge in [-0.3, -0.25) is 4.99 Å². The van der Waals surface area contributed by atoms with Crippen molar-refractivity contribution in [3.8, 4) is 11.4 Å². The number of aliphatic imine (C=N–C) groups is 1. The summed E-state index contributed by atoms with van der Waals surface area (Å²) < 4.78 is 5.34. The van der Waals surface area contributed by atoms with Crippen molar-refractivity contribution < 1.29 is 4.52 Å². The molecule has 0 aliphatic carbocycles. The first-order valence-corrected chi connectivity index (χ1v) is 9.07. The largest absolute Gasteiger partial charge is 0.356 e. The second kappa shape index (κ2) is 10.1. The molecule has 2 heterocycles. The summed E-state index contributed by atoms with van der Waals surface area (Å²) in [6, 6.07) is 7.40. The highest BCUT2D eigenvalue weighted by atomic mass is 127. The molecule has 1 unspecified atom stereocenters. The summed E-state index contributed by atoms with van der Waals surface area (Å²) >= 11 is 5.90. The van der Waals surface area contributed by atoms with E-state index < -0.39 is 0 Å². The van der Waals surface area contributed by atoms with Crippen LogP contribution in [0.1, 0.15) is 25.7 Å². The SMILES string of the molecule is CN=C(NCCc1nc(-c2ccc(Cl)cc2)no1)N1CCCC(C)C1.I. The minimum atomic E-state index is 0. The molecule has 0 spiro atoms. The molecular weight excluding hydrogens is 465 g/mol. The Hall–Kier alpha value is -1.35. The molecule has 1 N–H and O–H groups in total. The van der Waals surface area contributed by atoms with Gasteiger partial charge in [-0.2, -0.15) is 4.98 Å². The number of hydrogen-bond acceptors (Lipinski definition) is 4. The number of rotatable bonds is 4. The number of guanidine groups is 1. The van der Waals surface area contributed by atoms with E-state index in [0.717, 1.165) is 24.6 Å². The monoisotopic (exact) mass is 489 g/mol. The molecule has 0 saturated carbocycles. The van der Waals surface area contributed by atoms with Gasteiger partial charge in [0.05, 0.1) is 0 Å². The lowest BCUT2D eigenvalue weighted by Crippen LogP contribution is -2.46. The zero-order chi connectivity index (χ0) is 17.6. The number of hydrogen-bond donors (Lipinski definition) is 1. The average molecular weight is 490 g/mol. The lowest BCUT2D eigenvalue weighted by molar-refractivity contribution is 0.266. The Labute approximate surface area is 176 Å². The molecule has 0 radical (unpaired) electrons. The zero-order valence-electron chi connectivity index (χ0n) is 15.1. The number of benzene rings is 1. The van der Waals surface area contributed by atoms with Crippen molar-refractivity contribution in [1.82, 2.24) is 20.4 Å². The maximum Gasteiger partial charge on any atom is 0.228 e. The maximum atomic E-state index is 5.90. The number of piperidine rings is 1. The van der Waals surface area contributed by atoms with Crippen molar-refractivity contribution in [2.24, 2.45) is 10.9 Å². The van der Waals surface area contributed by atoms with Crippen LogP contribution < -0.4 is 5.32 Å². The van der Waals surface area contributed by atoms with Crippen LogP contribution in [0.25, 0.3) is 11.4 Å². The smallest absolute Gasteiger partial charge is 0.228 e. The van der Waals surface area contributed by atoms with Crippen molar-refractivity contribution in [2.75, 3.05) is 26.7 Å². The van der Waals surface area contributed by atoms with Gasteiger partial charge in [0.2, 0.25) is 11.7 Å². The third-order valence-corrected chi connectivity index (χ3v) is 4.61. The molecule has 1 aromatic carbocycles.